The Morgan fingerprint density at radius 2 is 2.19 bits per heavy atom. The quantitative estimate of drug-likeness (QED) is 0.793. The maximum absolute atomic E-state index is 12.2. The Morgan fingerprint density at radius 3 is 2.86 bits per heavy atom. The summed E-state index contributed by atoms with van der Waals surface area (Å²) in [5, 5.41) is 0. The Labute approximate surface area is 127 Å². The van der Waals surface area contributed by atoms with Crippen molar-refractivity contribution in [3.63, 3.8) is 0 Å². The van der Waals surface area contributed by atoms with Crippen LogP contribution >= 0.6 is 0 Å². The summed E-state index contributed by atoms with van der Waals surface area (Å²) in [6.45, 7) is 7.68. The Bertz CT molecular complexity index is 420. The number of hydrogen-bond acceptors (Lipinski definition) is 3. The van der Waals surface area contributed by atoms with Crippen molar-refractivity contribution in [2.24, 2.45) is 0 Å². The van der Waals surface area contributed by atoms with E-state index in [-0.39, 0.29) is 12.1 Å². The van der Waals surface area contributed by atoms with Gasteiger partial charge in [-0.05, 0) is 52.0 Å². The largest absolute Gasteiger partial charge is 0.444 e. The van der Waals surface area contributed by atoms with Crippen molar-refractivity contribution in [2.75, 3.05) is 19.8 Å². The smallest absolute Gasteiger partial charge is 0.410 e. The lowest BCUT2D eigenvalue weighted by Crippen LogP contribution is -2.41. The third kappa shape index (κ3) is 5.20. The first-order valence-corrected chi connectivity index (χ1v) is 7.88. The SMILES string of the molecule is CC(C)(C)OC(=O)N1CCCC1COCC1=CCCC=C1. The van der Waals surface area contributed by atoms with E-state index in [1.165, 1.54) is 5.57 Å². The van der Waals surface area contributed by atoms with Crippen LogP contribution in [0.15, 0.2) is 23.8 Å². The van der Waals surface area contributed by atoms with Crippen molar-refractivity contribution in [3.8, 4) is 0 Å². The number of nitrogens with zero attached hydrogens (tertiary/aromatic N) is 1. The van der Waals surface area contributed by atoms with Gasteiger partial charge in [-0.1, -0.05) is 18.2 Å². The topological polar surface area (TPSA) is 38.8 Å². The van der Waals surface area contributed by atoms with E-state index in [1.807, 2.05) is 25.7 Å². The van der Waals surface area contributed by atoms with E-state index in [2.05, 4.69) is 18.2 Å². The third-order valence-electron chi connectivity index (χ3n) is 3.66. The molecule has 1 fully saturated rings. The molecule has 1 atom stereocenters. The number of rotatable bonds is 4. The summed E-state index contributed by atoms with van der Waals surface area (Å²) in [5.74, 6) is 0. The molecule has 4 nitrogen and oxygen atoms in total. The molecule has 0 bridgehead atoms. The molecule has 1 amide bonds. The van der Waals surface area contributed by atoms with Gasteiger partial charge >= 0.3 is 6.09 Å². The Hall–Kier alpha value is -1.29. The molecule has 0 spiro atoms. The fourth-order valence-electron chi connectivity index (χ4n) is 2.66. The van der Waals surface area contributed by atoms with Crippen molar-refractivity contribution in [3.05, 3.63) is 23.8 Å². The van der Waals surface area contributed by atoms with E-state index in [0.717, 1.165) is 32.2 Å². The summed E-state index contributed by atoms with van der Waals surface area (Å²) in [4.78, 5) is 14.0. The van der Waals surface area contributed by atoms with Gasteiger partial charge in [0.1, 0.15) is 5.60 Å². The number of ether oxygens (including phenoxy) is 2. The van der Waals surface area contributed by atoms with E-state index in [9.17, 15) is 4.79 Å². The maximum Gasteiger partial charge on any atom is 0.410 e. The molecule has 1 unspecified atom stereocenters. The van der Waals surface area contributed by atoms with Gasteiger partial charge in [-0.25, -0.2) is 4.79 Å². The number of allylic oxidation sites excluding steroid dienone is 2. The van der Waals surface area contributed by atoms with Gasteiger partial charge in [-0.3, -0.25) is 0 Å². The van der Waals surface area contributed by atoms with Crippen LogP contribution in [0.1, 0.15) is 46.5 Å². The van der Waals surface area contributed by atoms with Gasteiger partial charge in [0.05, 0.1) is 19.3 Å². The average Bonchev–Trinajstić information content (AvgIpc) is 2.86. The first-order chi connectivity index (χ1) is 9.96. The molecule has 2 aliphatic rings. The molecule has 118 valence electrons. The van der Waals surface area contributed by atoms with Crippen molar-refractivity contribution in [1.29, 1.82) is 0 Å². The van der Waals surface area contributed by atoms with E-state index in [1.54, 1.807) is 0 Å². The van der Waals surface area contributed by atoms with Crippen molar-refractivity contribution >= 4 is 6.09 Å². The second-order valence-corrected chi connectivity index (χ2v) is 6.74. The normalized spacial score (nSPS) is 22.3. The van der Waals surface area contributed by atoms with Gasteiger partial charge in [-0.2, -0.15) is 0 Å². The minimum absolute atomic E-state index is 0.146. The van der Waals surface area contributed by atoms with Crippen LogP contribution in [-0.4, -0.2) is 42.4 Å². The van der Waals surface area contributed by atoms with Gasteiger partial charge in [0.25, 0.3) is 0 Å². The zero-order valence-electron chi connectivity index (χ0n) is 13.4. The molecule has 1 aliphatic carbocycles. The highest BCUT2D eigenvalue weighted by Crippen LogP contribution is 2.21. The molecule has 2 rings (SSSR count). The fourth-order valence-corrected chi connectivity index (χ4v) is 2.66. The van der Waals surface area contributed by atoms with Crippen LogP contribution in [0.3, 0.4) is 0 Å². The summed E-state index contributed by atoms with van der Waals surface area (Å²) < 4.78 is 11.3. The van der Waals surface area contributed by atoms with Gasteiger partial charge in [0.2, 0.25) is 0 Å². The van der Waals surface area contributed by atoms with Crippen LogP contribution in [0.25, 0.3) is 0 Å². The second-order valence-electron chi connectivity index (χ2n) is 6.74. The van der Waals surface area contributed by atoms with Crippen molar-refractivity contribution in [1.82, 2.24) is 4.90 Å². The number of hydrogen-bond donors (Lipinski definition) is 0. The number of likely N-dealkylation sites (tertiary alicyclic amines) is 1. The van der Waals surface area contributed by atoms with Crippen LogP contribution < -0.4 is 0 Å². The minimum atomic E-state index is -0.442. The molecule has 21 heavy (non-hydrogen) atoms. The molecule has 0 N–H and O–H groups in total. The first kappa shape index (κ1) is 16.1. The second kappa shape index (κ2) is 7.12. The standard InChI is InChI=1S/C17H27NO3/c1-17(2,3)21-16(19)18-11-7-10-15(18)13-20-12-14-8-5-4-6-9-14/h5,8-9,15H,4,6-7,10-13H2,1-3H3. The van der Waals surface area contributed by atoms with Crippen LogP contribution in [-0.2, 0) is 9.47 Å². The highest BCUT2D eigenvalue weighted by atomic mass is 16.6. The molecule has 1 saturated heterocycles. The van der Waals surface area contributed by atoms with Gasteiger partial charge in [0.15, 0.2) is 0 Å². The molecule has 1 aliphatic heterocycles. The molecule has 1 heterocycles. The van der Waals surface area contributed by atoms with E-state index >= 15 is 0 Å². The molecular weight excluding hydrogens is 266 g/mol. The van der Waals surface area contributed by atoms with Crippen molar-refractivity contribution in [2.45, 2.75) is 58.1 Å². The van der Waals surface area contributed by atoms with Crippen LogP contribution in [0.2, 0.25) is 0 Å². The number of amides is 1. The third-order valence-corrected chi connectivity index (χ3v) is 3.66. The average molecular weight is 293 g/mol. The first-order valence-electron chi connectivity index (χ1n) is 7.88. The summed E-state index contributed by atoms with van der Waals surface area (Å²) in [6, 6.07) is 0.146. The molecule has 0 aromatic carbocycles. The highest BCUT2D eigenvalue weighted by Gasteiger charge is 2.32. The summed E-state index contributed by atoms with van der Waals surface area (Å²) in [6.07, 6.45) is 10.6. The zero-order valence-corrected chi connectivity index (χ0v) is 13.4. The van der Waals surface area contributed by atoms with E-state index in [4.69, 9.17) is 9.47 Å². The zero-order chi connectivity index (χ0) is 15.3. The Balaban J connectivity index is 1.78. The predicted octanol–water partition coefficient (Wildman–Crippen LogP) is 3.68. The van der Waals surface area contributed by atoms with Gasteiger partial charge in [0, 0.05) is 6.54 Å². The molecule has 4 heteroatoms. The van der Waals surface area contributed by atoms with Crippen LogP contribution in [0.4, 0.5) is 4.79 Å². The number of carbonyl (C=O) groups is 1. The van der Waals surface area contributed by atoms with Gasteiger partial charge in [-0.15, -0.1) is 0 Å². The van der Waals surface area contributed by atoms with Crippen molar-refractivity contribution < 1.29 is 14.3 Å². The Morgan fingerprint density at radius 1 is 1.38 bits per heavy atom. The summed E-state index contributed by atoms with van der Waals surface area (Å²) in [5.41, 5.74) is 0.797. The van der Waals surface area contributed by atoms with Gasteiger partial charge < -0.3 is 14.4 Å². The molecule has 0 aromatic heterocycles. The molecule has 0 radical (unpaired) electrons. The number of carbonyl (C=O) groups excluding carboxylic acids is 1. The Kier molecular flexibility index (Phi) is 5.45. The lowest BCUT2D eigenvalue weighted by atomic mass is 10.1. The van der Waals surface area contributed by atoms with E-state index in [0.29, 0.717) is 13.2 Å². The fraction of sp³-hybridized carbons (Fsp3) is 0.706. The highest BCUT2D eigenvalue weighted by molar-refractivity contribution is 5.68. The van der Waals surface area contributed by atoms with Crippen LogP contribution in [0.5, 0.6) is 0 Å². The van der Waals surface area contributed by atoms with E-state index < -0.39 is 5.60 Å². The van der Waals surface area contributed by atoms with Crippen LogP contribution in [0, 0.1) is 0 Å². The predicted molar refractivity (Wildman–Crippen MR) is 83.2 cm³/mol. The minimum Gasteiger partial charge on any atom is -0.444 e. The lowest BCUT2D eigenvalue weighted by Gasteiger charge is -2.28. The molecule has 0 aromatic rings. The monoisotopic (exact) mass is 293 g/mol. The summed E-state index contributed by atoms with van der Waals surface area (Å²) >= 11 is 0. The lowest BCUT2D eigenvalue weighted by molar-refractivity contribution is 0.0125. The molecular formula is C17H27NO3. The molecule has 0 saturated carbocycles. The maximum atomic E-state index is 12.2. The summed E-state index contributed by atoms with van der Waals surface area (Å²) in [7, 11) is 0.